The largest absolute Gasteiger partial charge is 0.355 e. The Bertz CT molecular complexity index is 1030. The van der Waals surface area contributed by atoms with Crippen LogP contribution in [0.3, 0.4) is 0 Å². The highest BCUT2D eigenvalue weighted by molar-refractivity contribution is 8.19. The van der Waals surface area contributed by atoms with Crippen molar-refractivity contribution in [3.05, 3.63) is 59.7 Å². The van der Waals surface area contributed by atoms with Crippen molar-refractivity contribution in [2.24, 2.45) is 0 Å². The molecule has 0 saturated carbocycles. The number of anilines is 2. The summed E-state index contributed by atoms with van der Waals surface area (Å²) in [5, 5.41) is 0. The number of benzene rings is 2. The lowest BCUT2D eigenvalue weighted by molar-refractivity contribution is 0.0986. The number of para-hydroxylation sites is 2. The van der Waals surface area contributed by atoms with E-state index in [1.54, 1.807) is 4.90 Å². The molecule has 142 valence electrons. The van der Waals surface area contributed by atoms with Gasteiger partial charge in [0.25, 0.3) is 5.91 Å². The standard InChI is InChI=1S/C21H20N4OS2/c1-24-10-11-25(19-18(24)22-16-4-2-3-5-17(16)23-19)20(26)14-6-8-15(9-7-14)21-27-12-13-28-21/h2-9,21H,10-13H2,1H3. The van der Waals surface area contributed by atoms with Crippen LogP contribution in [0.15, 0.2) is 48.5 Å². The molecule has 1 saturated heterocycles. The molecule has 0 atom stereocenters. The van der Waals surface area contributed by atoms with Crippen LogP contribution in [-0.4, -0.2) is 47.5 Å². The first-order valence-electron chi connectivity index (χ1n) is 9.34. The van der Waals surface area contributed by atoms with Crippen LogP contribution in [0, 0.1) is 0 Å². The first-order valence-corrected chi connectivity index (χ1v) is 11.4. The highest BCUT2D eigenvalue weighted by Crippen LogP contribution is 2.45. The Balaban J connectivity index is 1.48. The van der Waals surface area contributed by atoms with Gasteiger partial charge in [-0.25, -0.2) is 9.97 Å². The fourth-order valence-corrected chi connectivity index (χ4v) is 6.43. The molecule has 7 heteroatoms. The Morgan fingerprint density at radius 1 is 0.929 bits per heavy atom. The maximum atomic E-state index is 13.3. The SMILES string of the molecule is CN1CCN(C(=O)c2ccc(C3SCCS3)cc2)c2nc3ccccc3nc21. The second-order valence-corrected chi connectivity index (χ2v) is 9.66. The zero-order chi connectivity index (χ0) is 19.1. The molecule has 1 amide bonds. The summed E-state index contributed by atoms with van der Waals surface area (Å²) in [5.41, 5.74) is 3.63. The summed E-state index contributed by atoms with van der Waals surface area (Å²) < 4.78 is 0.491. The van der Waals surface area contributed by atoms with Gasteiger partial charge in [-0.15, -0.1) is 23.5 Å². The van der Waals surface area contributed by atoms with E-state index in [0.717, 1.165) is 23.4 Å². The van der Waals surface area contributed by atoms with Gasteiger partial charge in [0.2, 0.25) is 0 Å². The number of hydrogen-bond donors (Lipinski definition) is 0. The predicted molar refractivity (Wildman–Crippen MR) is 119 cm³/mol. The molecule has 3 aromatic rings. The van der Waals surface area contributed by atoms with Gasteiger partial charge in [-0.1, -0.05) is 24.3 Å². The summed E-state index contributed by atoms with van der Waals surface area (Å²) in [4.78, 5) is 26.6. The second kappa shape index (κ2) is 7.29. The molecule has 0 bridgehead atoms. The molecular weight excluding hydrogens is 388 g/mol. The molecule has 0 radical (unpaired) electrons. The molecule has 2 aliphatic heterocycles. The number of carbonyl (C=O) groups excluding carboxylic acids is 1. The third kappa shape index (κ3) is 3.12. The molecule has 0 unspecified atom stereocenters. The molecule has 5 nitrogen and oxygen atoms in total. The molecule has 0 spiro atoms. The number of rotatable bonds is 2. The van der Waals surface area contributed by atoms with E-state index in [-0.39, 0.29) is 5.91 Å². The molecular formula is C21H20N4OS2. The van der Waals surface area contributed by atoms with Gasteiger partial charge in [-0.2, -0.15) is 0 Å². The zero-order valence-electron chi connectivity index (χ0n) is 15.5. The quantitative estimate of drug-likeness (QED) is 0.633. The minimum Gasteiger partial charge on any atom is -0.355 e. The fraction of sp³-hybridized carbons (Fsp3) is 0.286. The number of nitrogens with zero attached hydrogens (tertiary/aromatic N) is 4. The van der Waals surface area contributed by atoms with Crippen molar-refractivity contribution in [2.45, 2.75) is 4.58 Å². The van der Waals surface area contributed by atoms with Crippen LogP contribution in [0.25, 0.3) is 11.0 Å². The summed E-state index contributed by atoms with van der Waals surface area (Å²) in [6, 6.07) is 15.9. The van der Waals surface area contributed by atoms with Gasteiger partial charge in [-0.3, -0.25) is 9.69 Å². The third-order valence-corrected chi connectivity index (χ3v) is 8.21. The summed E-state index contributed by atoms with van der Waals surface area (Å²) in [5.74, 6) is 3.77. The van der Waals surface area contributed by atoms with Crippen molar-refractivity contribution in [1.82, 2.24) is 9.97 Å². The van der Waals surface area contributed by atoms with Gasteiger partial charge in [0, 0.05) is 37.2 Å². The van der Waals surface area contributed by atoms with Crippen molar-refractivity contribution >= 4 is 52.1 Å². The normalized spacial score (nSPS) is 17.2. The number of fused-ring (bicyclic) bond motifs is 2. The van der Waals surface area contributed by atoms with E-state index in [1.165, 1.54) is 17.1 Å². The van der Waals surface area contributed by atoms with Crippen molar-refractivity contribution in [3.63, 3.8) is 0 Å². The Morgan fingerprint density at radius 2 is 1.57 bits per heavy atom. The van der Waals surface area contributed by atoms with Gasteiger partial charge in [-0.05, 0) is 29.8 Å². The number of aromatic nitrogens is 2. The van der Waals surface area contributed by atoms with Crippen molar-refractivity contribution in [3.8, 4) is 0 Å². The van der Waals surface area contributed by atoms with Crippen LogP contribution in [0.2, 0.25) is 0 Å². The molecule has 0 aliphatic carbocycles. The predicted octanol–water partition coefficient (Wildman–Crippen LogP) is 4.21. The first kappa shape index (κ1) is 17.8. The lowest BCUT2D eigenvalue weighted by Gasteiger charge is -2.33. The fourth-order valence-electron chi connectivity index (χ4n) is 3.57. The van der Waals surface area contributed by atoms with E-state index in [9.17, 15) is 4.79 Å². The Labute approximate surface area is 172 Å². The maximum Gasteiger partial charge on any atom is 0.259 e. The lowest BCUT2D eigenvalue weighted by Crippen LogP contribution is -2.43. The molecule has 1 aromatic heterocycles. The Kier molecular flexibility index (Phi) is 4.64. The van der Waals surface area contributed by atoms with Crippen LogP contribution in [0.5, 0.6) is 0 Å². The number of thioether (sulfide) groups is 2. The molecule has 2 aromatic carbocycles. The summed E-state index contributed by atoms with van der Waals surface area (Å²) >= 11 is 3.95. The van der Waals surface area contributed by atoms with Crippen LogP contribution >= 0.6 is 23.5 Å². The van der Waals surface area contributed by atoms with Crippen LogP contribution in [0.1, 0.15) is 20.5 Å². The van der Waals surface area contributed by atoms with Crippen LogP contribution < -0.4 is 9.80 Å². The van der Waals surface area contributed by atoms with E-state index >= 15 is 0 Å². The van der Waals surface area contributed by atoms with Crippen molar-refractivity contribution < 1.29 is 4.79 Å². The Morgan fingerprint density at radius 3 is 2.25 bits per heavy atom. The van der Waals surface area contributed by atoms with Gasteiger partial charge in [0.1, 0.15) is 0 Å². The topological polar surface area (TPSA) is 49.3 Å². The minimum absolute atomic E-state index is 0.0165. The minimum atomic E-state index is -0.0165. The smallest absolute Gasteiger partial charge is 0.259 e. The molecule has 28 heavy (non-hydrogen) atoms. The summed E-state index contributed by atoms with van der Waals surface area (Å²) in [7, 11) is 2.00. The van der Waals surface area contributed by atoms with E-state index in [1.807, 2.05) is 67.0 Å². The van der Waals surface area contributed by atoms with Gasteiger partial charge in [0.05, 0.1) is 15.6 Å². The van der Waals surface area contributed by atoms with Crippen molar-refractivity contribution in [1.29, 1.82) is 0 Å². The number of likely N-dealkylation sites (N-methyl/N-ethyl adjacent to an activating group) is 1. The van der Waals surface area contributed by atoms with E-state index in [0.29, 0.717) is 22.5 Å². The molecule has 0 N–H and O–H groups in total. The van der Waals surface area contributed by atoms with E-state index in [2.05, 4.69) is 17.0 Å². The third-order valence-electron chi connectivity index (χ3n) is 5.11. The highest BCUT2D eigenvalue weighted by atomic mass is 32.2. The average Bonchev–Trinajstić information content (AvgIpc) is 3.28. The maximum absolute atomic E-state index is 13.3. The number of hydrogen-bond acceptors (Lipinski definition) is 6. The van der Waals surface area contributed by atoms with Crippen LogP contribution in [0.4, 0.5) is 11.6 Å². The molecule has 2 aliphatic rings. The average molecular weight is 409 g/mol. The van der Waals surface area contributed by atoms with Gasteiger partial charge < -0.3 is 4.90 Å². The number of amides is 1. The first-order chi connectivity index (χ1) is 13.7. The second-order valence-electron chi connectivity index (χ2n) is 6.93. The number of carbonyl (C=O) groups is 1. The van der Waals surface area contributed by atoms with Gasteiger partial charge >= 0.3 is 0 Å². The summed E-state index contributed by atoms with van der Waals surface area (Å²) in [6.07, 6.45) is 0. The molecule has 1 fully saturated rings. The lowest BCUT2D eigenvalue weighted by atomic mass is 10.1. The van der Waals surface area contributed by atoms with Crippen molar-refractivity contribution in [2.75, 3.05) is 41.4 Å². The highest BCUT2D eigenvalue weighted by Gasteiger charge is 2.29. The summed E-state index contributed by atoms with van der Waals surface area (Å²) in [6.45, 7) is 1.34. The molecule has 5 rings (SSSR count). The van der Waals surface area contributed by atoms with E-state index < -0.39 is 0 Å². The zero-order valence-corrected chi connectivity index (χ0v) is 17.2. The Hall–Kier alpha value is -2.25. The van der Waals surface area contributed by atoms with E-state index in [4.69, 9.17) is 9.97 Å². The molecule has 3 heterocycles. The van der Waals surface area contributed by atoms with Crippen LogP contribution in [-0.2, 0) is 0 Å². The monoisotopic (exact) mass is 408 g/mol. The van der Waals surface area contributed by atoms with Gasteiger partial charge in [0.15, 0.2) is 11.6 Å².